The van der Waals surface area contributed by atoms with Gasteiger partial charge in [0, 0.05) is 12.5 Å². The summed E-state index contributed by atoms with van der Waals surface area (Å²) in [5, 5.41) is 0.0474. The molecule has 1 aromatic carbocycles. The van der Waals surface area contributed by atoms with Gasteiger partial charge >= 0.3 is 0 Å². The lowest BCUT2D eigenvalue weighted by molar-refractivity contribution is 0.0965. The van der Waals surface area contributed by atoms with Crippen LogP contribution < -0.4 is 5.73 Å². The minimum atomic E-state index is -1.27. The van der Waals surface area contributed by atoms with Crippen LogP contribution in [0.2, 0.25) is 5.02 Å². The van der Waals surface area contributed by atoms with Crippen molar-refractivity contribution >= 4 is 11.6 Å². The maximum absolute atomic E-state index is 14.5. The summed E-state index contributed by atoms with van der Waals surface area (Å²) >= 11 is 5.68. The number of hydrogen-bond acceptors (Lipinski definition) is 1. The second-order valence-electron chi connectivity index (χ2n) is 4.93. The van der Waals surface area contributed by atoms with Crippen LogP contribution in [0.4, 0.5) is 8.78 Å². The van der Waals surface area contributed by atoms with Crippen molar-refractivity contribution in [2.45, 2.75) is 43.8 Å². The molecule has 1 saturated carbocycles. The van der Waals surface area contributed by atoms with Crippen LogP contribution in [0.5, 0.6) is 0 Å². The van der Waals surface area contributed by atoms with Gasteiger partial charge in [-0.2, -0.15) is 0 Å². The molecule has 17 heavy (non-hydrogen) atoms. The molecular weight excluding hydrogens is 244 g/mol. The van der Waals surface area contributed by atoms with E-state index in [-0.39, 0.29) is 17.5 Å². The molecule has 0 amide bonds. The van der Waals surface area contributed by atoms with Crippen LogP contribution in [0.1, 0.15) is 31.2 Å². The highest BCUT2D eigenvalue weighted by Crippen LogP contribution is 2.34. The van der Waals surface area contributed by atoms with Crippen molar-refractivity contribution in [3.8, 4) is 0 Å². The number of alkyl halides is 1. The van der Waals surface area contributed by atoms with Crippen LogP contribution in [-0.2, 0) is 6.42 Å². The second-order valence-corrected chi connectivity index (χ2v) is 5.34. The molecule has 2 unspecified atom stereocenters. The Morgan fingerprint density at radius 3 is 2.88 bits per heavy atom. The highest BCUT2D eigenvalue weighted by molar-refractivity contribution is 6.30. The zero-order valence-corrected chi connectivity index (χ0v) is 10.3. The third-order valence-corrected chi connectivity index (χ3v) is 3.62. The highest BCUT2D eigenvalue weighted by Gasteiger charge is 2.35. The lowest BCUT2D eigenvalue weighted by atomic mass is 9.80. The normalized spacial score (nSPS) is 29.3. The van der Waals surface area contributed by atoms with E-state index in [1.165, 1.54) is 12.1 Å². The molecule has 0 heterocycles. The van der Waals surface area contributed by atoms with Crippen LogP contribution >= 0.6 is 11.6 Å². The van der Waals surface area contributed by atoms with Crippen molar-refractivity contribution in [1.82, 2.24) is 0 Å². The first-order valence-corrected chi connectivity index (χ1v) is 6.25. The maximum Gasteiger partial charge on any atom is 0.141 e. The molecule has 0 aliphatic heterocycles. The summed E-state index contributed by atoms with van der Waals surface area (Å²) in [6.45, 7) is 0. The minimum absolute atomic E-state index is 0.0474. The third kappa shape index (κ3) is 3.17. The fraction of sp³-hybridized carbons (Fsp3) is 0.538. The summed E-state index contributed by atoms with van der Waals surface area (Å²) in [5.41, 5.74) is 5.26. The Labute approximate surface area is 105 Å². The van der Waals surface area contributed by atoms with Crippen LogP contribution in [0.15, 0.2) is 18.2 Å². The van der Waals surface area contributed by atoms with Crippen LogP contribution in [-0.4, -0.2) is 11.7 Å². The summed E-state index contributed by atoms with van der Waals surface area (Å²) in [4.78, 5) is 0. The molecule has 2 rings (SSSR count). The number of nitrogens with two attached hydrogens (primary N) is 1. The van der Waals surface area contributed by atoms with Gasteiger partial charge in [0.15, 0.2) is 0 Å². The molecule has 1 aromatic rings. The minimum Gasteiger partial charge on any atom is -0.328 e. The van der Waals surface area contributed by atoms with Crippen LogP contribution in [0.25, 0.3) is 0 Å². The SMILES string of the molecule is NC1CCCC(F)(Cc2ccc(F)c(Cl)c2)C1. The van der Waals surface area contributed by atoms with Crippen molar-refractivity contribution < 1.29 is 8.78 Å². The Balaban J connectivity index is 2.11. The standard InChI is InChI=1S/C13H16ClF2N/c14-11-6-9(3-4-12(11)15)7-13(16)5-1-2-10(17)8-13/h3-4,6,10H,1-2,5,7-8,17H2. The van der Waals surface area contributed by atoms with E-state index in [0.29, 0.717) is 12.8 Å². The molecule has 0 bridgehead atoms. The van der Waals surface area contributed by atoms with E-state index in [9.17, 15) is 8.78 Å². The van der Waals surface area contributed by atoms with Gasteiger partial charge in [0.2, 0.25) is 0 Å². The van der Waals surface area contributed by atoms with Gasteiger partial charge in [-0.05, 0) is 43.4 Å². The fourth-order valence-corrected chi connectivity index (χ4v) is 2.73. The third-order valence-electron chi connectivity index (χ3n) is 3.33. The Hall–Kier alpha value is -0.670. The lowest BCUT2D eigenvalue weighted by Crippen LogP contribution is -2.39. The Kier molecular flexibility index (Phi) is 3.69. The Morgan fingerprint density at radius 2 is 2.24 bits per heavy atom. The molecule has 0 aromatic heterocycles. The first-order chi connectivity index (χ1) is 7.98. The van der Waals surface area contributed by atoms with E-state index in [2.05, 4.69) is 0 Å². The zero-order chi connectivity index (χ0) is 12.5. The fourth-order valence-electron chi connectivity index (χ4n) is 2.53. The van der Waals surface area contributed by atoms with Gasteiger partial charge in [0.25, 0.3) is 0 Å². The summed E-state index contributed by atoms with van der Waals surface area (Å²) < 4.78 is 27.5. The maximum atomic E-state index is 14.5. The summed E-state index contributed by atoms with van der Waals surface area (Å²) in [5.74, 6) is -0.469. The van der Waals surface area contributed by atoms with Crippen LogP contribution in [0.3, 0.4) is 0 Å². The molecule has 1 aliphatic rings. The zero-order valence-electron chi connectivity index (χ0n) is 9.56. The molecule has 1 nitrogen and oxygen atoms in total. The van der Waals surface area contributed by atoms with E-state index in [0.717, 1.165) is 18.4 Å². The van der Waals surface area contributed by atoms with Crippen molar-refractivity contribution in [2.75, 3.05) is 0 Å². The predicted molar refractivity (Wildman–Crippen MR) is 65.4 cm³/mol. The van der Waals surface area contributed by atoms with Gasteiger partial charge in [0.05, 0.1) is 5.02 Å². The van der Waals surface area contributed by atoms with Crippen molar-refractivity contribution in [3.05, 3.63) is 34.6 Å². The molecule has 1 aliphatic carbocycles. The second kappa shape index (κ2) is 4.91. The number of halogens is 3. The number of rotatable bonds is 2. The lowest BCUT2D eigenvalue weighted by Gasteiger charge is -2.33. The molecular formula is C13H16ClF2N. The van der Waals surface area contributed by atoms with Crippen molar-refractivity contribution in [1.29, 1.82) is 0 Å². The number of benzene rings is 1. The number of hydrogen-bond donors (Lipinski definition) is 1. The molecule has 0 radical (unpaired) electrons. The molecule has 0 saturated heterocycles. The van der Waals surface area contributed by atoms with Gasteiger partial charge in [-0.1, -0.05) is 17.7 Å². The quantitative estimate of drug-likeness (QED) is 0.862. The topological polar surface area (TPSA) is 26.0 Å². The van der Waals surface area contributed by atoms with Crippen LogP contribution in [0, 0.1) is 5.82 Å². The highest BCUT2D eigenvalue weighted by atomic mass is 35.5. The van der Waals surface area contributed by atoms with Gasteiger partial charge < -0.3 is 5.73 Å². The predicted octanol–water partition coefficient (Wildman–Crippen LogP) is 3.63. The molecule has 4 heteroatoms. The molecule has 0 spiro atoms. The summed E-state index contributed by atoms with van der Waals surface area (Å²) in [6, 6.07) is 4.30. The average Bonchev–Trinajstić information content (AvgIpc) is 2.22. The van der Waals surface area contributed by atoms with E-state index in [1.54, 1.807) is 6.07 Å². The first kappa shape index (κ1) is 12.8. The van der Waals surface area contributed by atoms with Gasteiger partial charge in [-0.15, -0.1) is 0 Å². The molecule has 2 atom stereocenters. The average molecular weight is 260 g/mol. The van der Waals surface area contributed by atoms with Crippen molar-refractivity contribution in [2.24, 2.45) is 5.73 Å². The van der Waals surface area contributed by atoms with E-state index >= 15 is 0 Å². The smallest absolute Gasteiger partial charge is 0.141 e. The Bertz CT molecular complexity index is 410. The largest absolute Gasteiger partial charge is 0.328 e. The van der Waals surface area contributed by atoms with Crippen molar-refractivity contribution in [3.63, 3.8) is 0 Å². The summed E-state index contributed by atoms with van der Waals surface area (Å²) in [6.07, 6.45) is 2.86. The molecule has 1 fully saturated rings. The Morgan fingerprint density at radius 1 is 1.47 bits per heavy atom. The first-order valence-electron chi connectivity index (χ1n) is 5.87. The van der Waals surface area contributed by atoms with Gasteiger partial charge in [-0.25, -0.2) is 8.78 Å². The van der Waals surface area contributed by atoms with Gasteiger partial charge in [0.1, 0.15) is 11.5 Å². The van der Waals surface area contributed by atoms with E-state index < -0.39 is 11.5 Å². The molecule has 2 N–H and O–H groups in total. The molecule has 94 valence electrons. The van der Waals surface area contributed by atoms with E-state index in [4.69, 9.17) is 17.3 Å². The monoisotopic (exact) mass is 259 g/mol. The van der Waals surface area contributed by atoms with Gasteiger partial charge in [-0.3, -0.25) is 0 Å². The summed E-state index contributed by atoms with van der Waals surface area (Å²) in [7, 11) is 0. The van der Waals surface area contributed by atoms with E-state index in [1.807, 2.05) is 0 Å².